The Labute approximate surface area is 141 Å². The first kappa shape index (κ1) is 17.2. The van der Waals surface area contributed by atoms with E-state index >= 15 is 0 Å². The Bertz CT molecular complexity index is 728. The van der Waals surface area contributed by atoms with Gasteiger partial charge >= 0.3 is 6.09 Å². The zero-order chi connectivity index (χ0) is 17.0. The van der Waals surface area contributed by atoms with Gasteiger partial charge in [0.15, 0.2) is 0 Å². The standard InChI is InChI=1S/C18H20ClNO3/c1-11-8-13(3)17(9-12(11)2)22-10-14-15(19)6-5-7-16(14)23-18(21)20-4/h5-9H,10H2,1-4H3,(H,20,21). The van der Waals surface area contributed by atoms with Crippen molar-refractivity contribution in [3.8, 4) is 11.5 Å². The van der Waals surface area contributed by atoms with Crippen LogP contribution in [-0.4, -0.2) is 13.1 Å². The predicted octanol–water partition coefficient (Wildman–Crippen LogP) is 4.56. The fourth-order valence-corrected chi connectivity index (χ4v) is 2.39. The molecule has 0 unspecified atom stereocenters. The molecule has 2 aromatic carbocycles. The first-order chi connectivity index (χ1) is 10.9. The SMILES string of the molecule is CNC(=O)Oc1cccc(Cl)c1COc1cc(C)c(C)cc1C. The maximum atomic E-state index is 11.4. The fraction of sp³-hybridized carbons (Fsp3) is 0.278. The summed E-state index contributed by atoms with van der Waals surface area (Å²) < 4.78 is 11.1. The van der Waals surface area contributed by atoms with Gasteiger partial charge in [-0.2, -0.15) is 0 Å². The highest BCUT2D eigenvalue weighted by molar-refractivity contribution is 6.31. The lowest BCUT2D eigenvalue weighted by molar-refractivity contribution is 0.201. The second-order valence-corrected chi connectivity index (χ2v) is 5.75. The predicted molar refractivity (Wildman–Crippen MR) is 91.5 cm³/mol. The molecule has 2 aromatic rings. The minimum atomic E-state index is -0.545. The molecule has 0 saturated carbocycles. The smallest absolute Gasteiger partial charge is 0.412 e. The molecule has 5 heteroatoms. The van der Waals surface area contributed by atoms with Gasteiger partial charge in [0.25, 0.3) is 0 Å². The van der Waals surface area contributed by atoms with E-state index in [2.05, 4.69) is 18.3 Å². The molecule has 2 rings (SSSR count). The van der Waals surface area contributed by atoms with Crippen molar-refractivity contribution in [2.45, 2.75) is 27.4 Å². The summed E-state index contributed by atoms with van der Waals surface area (Å²) in [4.78, 5) is 11.4. The number of hydrogen-bond acceptors (Lipinski definition) is 3. The van der Waals surface area contributed by atoms with Gasteiger partial charge in [0.05, 0.1) is 10.6 Å². The first-order valence-electron chi connectivity index (χ1n) is 7.30. The molecule has 0 radical (unpaired) electrons. The summed E-state index contributed by atoms with van der Waals surface area (Å²) in [6.45, 7) is 6.32. The van der Waals surface area contributed by atoms with Crippen molar-refractivity contribution >= 4 is 17.7 Å². The molecule has 1 amide bonds. The Morgan fingerprint density at radius 3 is 2.48 bits per heavy atom. The van der Waals surface area contributed by atoms with Gasteiger partial charge in [0, 0.05) is 7.05 Å². The summed E-state index contributed by atoms with van der Waals surface area (Å²) in [7, 11) is 1.50. The van der Waals surface area contributed by atoms with Crippen LogP contribution in [0.25, 0.3) is 0 Å². The minimum absolute atomic E-state index is 0.218. The Morgan fingerprint density at radius 1 is 1.09 bits per heavy atom. The number of aryl methyl sites for hydroxylation is 3. The van der Waals surface area contributed by atoms with E-state index in [0.29, 0.717) is 16.3 Å². The van der Waals surface area contributed by atoms with Crippen LogP contribution in [0.15, 0.2) is 30.3 Å². The summed E-state index contributed by atoms with van der Waals surface area (Å²) in [6.07, 6.45) is -0.545. The van der Waals surface area contributed by atoms with Gasteiger partial charge in [-0.05, 0) is 55.7 Å². The number of carbonyl (C=O) groups is 1. The summed E-state index contributed by atoms with van der Waals surface area (Å²) in [5, 5.41) is 2.91. The van der Waals surface area contributed by atoms with Crippen LogP contribution in [0.3, 0.4) is 0 Å². The summed E-state index contributed by atoms with van der Waals surface area (Å²) >= 11 is 6.23. The highest BCUT2D eigenvalue weighted by atomic mass is 35.5. The van der Waals surface area contributed by atoms with Crippen LogP contribution in [0, 0.1) is 20.8 Å². The third-order valence-corrected chi connectivity index (χ3v) is 4.00. The number of amides is 1. The molecule has 23 heavy (non-hydrogen) atoms. The van der Waals surface area contributed by atoms with Gasteiger partial charge in [-0.25, -0.2) is 4.79 Å². The van der Waals surface area contributed by atoms with E-state index in [-0.39, 0.29) is 6.61 Å². The molecule has 0 aliphatic rings. The minimum Gasteiger partial charge on any atom is -0.488 e. The highest BCUT2D eigenvalue weighted by Gasteiger charge is 2.13. The molecule has 0 spiro atoms. The lowest BCUT2D eigenvalue weighted by Gasteiger charge is -2.15. The molecule has 0 atom stereocenters. The molecular formula is C18H20ClNO3. The third-order valence-electron chi connectivity index (χ3n) is 3.65. The Balaban J connectivity index is 2.23. The Morgan fingerprint density at radius 2 is 1.78 bits per heavy atom. The molecule has 0 fully saturated rings. The molecule has 1 N–H and O–H groups in total. The van der Waals surface area contributed by atoms with Crippen LogP contribution in [-0.2, 0) is 6.61 Å². The van der Waals surface area contributed by atoms with E-state index in [1.807, 2.05) is 19.9 Å². The monoisotopic (exact) mass is 333 g/mol. The van der Waals surface area contributed by atoms with E-state index in [9.17, 15) is 4.79 Å². The molecule has 0 saturated heterocycles. The Hall–Kier alpha value is -2.20. The van der Waals surface area contributed by atoms with Crippen molar-refractivity contribution in [1.29, 1.82) is 0 Å². The van der Waals surface area contributed by atoms with Gasteiger partial charge in [0.2, 0.25) is 0 Å². The number of hydrogen-bond donors (Lipinski definition) is 1. The number of ether oxygens (including phenoxy) is 2. The number of halogens is 1. The lowest BCUT2D eigenvalue weighted by Crippen LogP contribution is -2.22. The number of nitrogens with one attached hydrogen (secondary N) is 1. The third kappa shape index (κ3) is 4.17. The van der Waals surface area contributed by atoms with Crippen LogP contribution >= 0.6 is 11.6 Å². The van der Waals surface area contributed by atoms with Gasteiger partial charge in [-0.15, -0.1) is 0 Å². The van der Waals surface area contributed by atoms with Crippen LogP contribution in [0.1, 0.15) is 22.3 Å². The summed E-state index contributed by atoms with van der Waals surface area (Å²) in [5.74, 6) is 1.18. The van der Waals surface area contributed by atoms with Gasteiger partial charge in [0.1, 0.15) is 18.1 Å². The van der Waals surface area contributed by atoms with E-state index in [1.165, 1.54) is 12.6 Å². The fourth-order valence-electron chi connectivity index (χ4n) is 2.16. The zero-order valence-corrected chi connectivity index (χ0v) is 14.5. The molecule has 122 valence electrons. The van der Waals surface area contributed by atoms with Crippen LogP contribution < -0.4 is 14.8 Å². The van der Waals surface area contributed by atoms with Crippen molar-refractivity contribution in [3.63, 3.8) is 0 Å². The zero-order valence-electron chi connectivity index (χ0n) is 13.7. The second kappa shape index (κ2) is 7.38. The maximum absolute atomic E-state index is 11.4. The maximum Gasteiger partial charge on any atom is 0.412 e. The van der Waals surface area contributed by atoms with E-state index < -0.39 is 6.09 Å². The van der Waals surface area contributed by atoms with Crippen molar-refractivity contribution in [2.24, 2.45) is 0 Å². The van der Waals surface area contributed by atoms with Crippen molar-refractivity contribution < 1.29 is 14.3 Å². The van der Waals surface area contributed by atoms with Crippen molar-refractivity contribution in [3.05, 3.63) is 57.6 Å². The normalized spacial score (nSPS) is 10.3. The molecule has 0 heterocycles. The van der Waals surface area contributed by atoms with E-state index in [0.717, 1.165) is 16.9 Å². The Kier molecular flexibility index (Phi) is 5.50. The molecule has 0 bridgehead atoms. The van der Waals surface area contributed by atoms with Gasteiger partial charge in [-0.3, -0.25) is 0 Å². The molecule has 0 aliphatic heterocycles. The average Bonchev–Trinajstić information content (AvgIpc) is 2.51. The molecule has 4 nitrogen and oxygen atoms in total. The van der Waals surface area contributed by atoms with Crippen LogP contribution in [0.4, 0.5) is 4.79 Å². The lowest BCUT2D eigenvalue weighted by atomic mass is 10.1. The van der Waals surface area contributed by atoms with Gasteiger partial charge < -0.3 is 14.8 Å². The average molecular weight is 334 g/mol. The molecule has 0 aliphatic carbocycles. The van der Waals surface area contributed by atoms with E-state index in [1.54, 1.807) is 18.2 Å². The van der Waals surface area contributed by atoms with Gasteiger partial charge in [-0.1, -0.05) is 23.7 Å². The quantitative estimate of drug-likeness (QED) is 0.892. The second-order valence-electron chi connectivity index (χ2n) is 5.35. The number of carbonyl (C=O) groups excluding carboxylic acids is 1. The van der Waals surface area contributed by atoms with Crippen molar-refractivity contribution in [2.75, 3.05) is 7.05 Å². The topological polar surface area (TPSA) is 47.6 Å². The molecular weight excluding hydrogens is 314 g/mol. The highest BCUT2D eigenvalue weighted by Crippen LogP contribution is 2.29. The first-order valence-corrected chi connectivity index (χ1v) is 7.67. The number of benzene rings is 2. The molecule has 0 aromatic heterocycles. The number of rotatable bonds is 4. The van der Waals surface area contributed by atoms with E-state index in [4.69, 9.17) is 21.1 Å². The summed E-state index contributed by atoms with van der Waals surface area (Å²) in [6, 6.07) is 9.24. The van der Waals surface area contributed by atoms with Crippen molar-refractivity contribution in [1.82, 2.24) is 5.32 Å². The largest absolute Gasteiger partial charge is 0.488 e. The van der Waals surface area contributed by atoms with Crippen LogP contribution in [0.2, 0.25) is 5.02 Å². The summed E-state index contributed by atoms with van der Waals surface area (Å²) in [5.41, 5.74) is 4.06. The van der Waals surface area contributed by atoms with Crippen LogP contribution in [0.5, 0.6) is 11.5 Å².